The van der Waals surface area contributed by atoms with Crippen molar-refractivity contribution in [3.63, 3.8) is 0 Å². The van der Waals surface area contributed by atoms with E-state index in [0.29, 0.717) is 17.0 Å². The summed E-state index contributed by atoms with van der Waals surface area (Å²) < 4.78 is 30.7. The lowest BCUT2D eigenvalue weighted by atomic mass is 9.66. The van der Waals surface area contributed by atoms with E-state index < -0.39 is 40.3 Å². The van der Waals surface area contributed by atoms with Gasteiger partial charge in [0.25, 0.3) is 5.56 Å². The molecule has 1 unspecified atom stereocenters. The number of aromatic nitrogens is 2. The van der Waals surface area contributed by atoms with Crippen LogP contribution in [0.4, 0.5) is 5.82 Å². The molecular weight excluding hydrogens is 618 g/mol. The van der Waals surface area contributed by atoms with Crippen LogP contribution in [0, 0.1) is 18.3 Å². The van der Waals surface area contributed by atoms with Crippen LogP contribution in [0.5, 0.6) is 28.7 Å². The second kappa shape index (κ2) is 11.0. The minimum absolute atomic E-state index is 0.0151. The number of allylic oxidation sites excluding steroid dienone is 1. The summed E-state index contributed by atoms with van der Waals surface area (Å²) in [6.07, 6.45) is 5.58. The summed E-state index contributed by atoms with van der Waals surface area (Å²) in [4.78, 5) is 56.4. The molecule has 3 aromatic rings. The van der Waals surface area contributed by atoms with Crippen molar-refractivity contribution < 1.29 is 33.3 Å². The van der Waals surface area contributed by atoms with Gasteiger partial charge >= 0.3 is 5.69 Å². The number of ketones is 2. The molecule has 0 bridgehead atoms. The van der Waals surface area contributed by atoms with Crippen molar-refractivity contribution in [3.05, 3.63) is 78.1 Å². The Hall–Kier alpha value is -5.15. The highest BCUT2D eigenvalue weighted by molar-refractivity contribution is 6.36. The van der Waals surface area contributed by atoms with Gasteiger partial charge in [-0.1, -0.05) is 30.5 Å². The summed E-state index contributed by atoms with van der Waals surface area (Å²) in [5, 5.41) is 3.21. The molecular formula is C33H30ClN3O9. The molecule has 2 aliphatic heterocycles. The fraction of sp³-hybridized carbons (Fsp3) is 0.333. The molecule has 12 nitrogen and oxygen atoms in total. The number of nitrogens with zero attached hydrogens (tertiary/aromatic N) is 2. The number of methoxy groups -OCH3 is 3. The molecule has 3 aliphatic rings. The van der Waals surface area contributed by atoms with E-state index in [1.54, 1.807) is 25.1 Å². The van der Waals surface area contributed by atoms with E-state index in [1.807, 2.05) is 0 Å². The average Bonchev–Trinajstić information content (AvgIpc) is 3.38. The molecule has 6 rings (SSSR count). The topological polar surface area (TPSA) is 136 Å². The van der Waals surface area contributed by atoms with Crippen molar-refractivity contribution >= 4 is 29.0 Å². The summed E-state index contributed by atoms with van der Waals surface area (Å²) in [6.45, 7) is 1.65. The summed E-state index contributed by atoms with van der Waals surface area (Å²) in [6, 6.07) is 6.40. The number of anilines is 1. The number of Topliss-reactive ketones (excluding diaryl/α,β-unsaturated/α-hetero) is 2. The molecule has 13 heteroatoms. The van der Waals surface area contributed by atoms with Crippen molar-refractivity contribution in [2.45, 2.75) is 24.9 Å². The molecule has 0 saturated carbocycles. The number of benzene rings is 2. The van der Waals surface area contributed by atoms with Crippen LogP contribution in [0.3, 0.4) is 0 Å². The Morgan fingerprint density at radius 3 is 2.35 bits per heavy atom. The Balaban J connectivity index is 1.62. The Bertz CT molecular complexity index is 2050. The number of fused-ring (bicyclic) bond motifs is 2. The molecule has 2 aromatic carbocycles. The van der Waals surface area contributed by atoms with Crippen molar-refractivity contribution in [3.8, 4) is 41.1 Å². The van der Waals surface area contributed by atoms with Gasteiger partial charge in [0.2, 0.25) is 17.2 Å². The van der Waals surface area contributed by atoms with Gasteiger partial charge in [0.15, 0.2) is 17.2 Å². The molecule has 1 spiro atoms. The molecule has 46 heavy (non-hydrogen) atoms. The predicted octanol–water partition coefficient (Wildman–Crippen LogP) is 3.21. The molecule has 3 atom stereocenters. The molecule has 0 radical (unpaired) electrons. The maximum atomic E-state index is 15.0. The van der Waals surface area contributed by atoms with Gasteiger partial charge in [-0.3, -0.25) is 23.5 Å². The maximum absolute atomic E-state index is 15.0. The van der Waals surface area contributed by atoms with E-state index in [-0.39, 0.29) is 63.6 Å². The third kappa shape index (κ3) is 4.08. The van der Waals surface area contributed by atoms with Crippen LogP contribution in [-0.2, 0) is 18.9 Å². The monoisotopic (exact) mass is 647 g/mol. The molecule has 0 fully saturated rings. The van der Waals surface area contributed by atoms with E-state index in [9.17, 15) is 14.4 Å². The van der Waals surface area contributed by atoms with Gasteiger partial charge in [-0.15, -0.1) is 6.42 Å². The van der Waals surface area contributed by atoms with Gasteiger partial charge in [-0.2, -0.15) is 0 Å². The third-order valence-corrected chi connectivity index (χ3v) is 9.27. The fourth-order valence-electron chi connectivity index (χ4n) is 6.63. The number of nitrogens with one attached hydrogen (secondary N) is 1. The highest BCUT2D eigenvalue weighted by Gasteiger charge is 2.63. The number of halogens is 1. The first-order chi connectivity index (χ1) is 22.0. The summed E-state index contributed by atoms with van der Waals surface area (Å²) >= 11 is 6.62. The molecule has 0 amide bonds. The Labute approximate surface area is 268 Å². The molecule has 1 aromatic heterocycles. The predicted molar refractivity (Wildman–Crippen MR) is 168 cm³/mol. The summed E-state index contributed by atoms with van der Waals surface area (Å²) in [5.74, 6) is 0.532. The first-order valence-electron chi connectivity index (χ1n) is 14.2. The van der Waals surface area contributed by atoms with Crippen LogP contribution in [0.2, 0.25) is 5.02 Å². The zero-order chi connectivity index (χ0) is 33.2. The smallest absolute Gasteiger partial charge is 0.332 e. The van der Waals surface area contributed by atoms with Crippen LogP contribution >= 0.6 is 11.6 Å². The SMILES string of the molecule is C#CCOc1cc(C2C3=C(C[C@@H](C)[C@]4(Oc5c(Cl)c(OC)cc(OC)c5C4=O)C3=O)Nc3c2c(=O)n(C)c(=O)n3C)ccc1OC. The fourth-order valence-corrected chi connectivity index (χ4v) is 6.89. The zero-order valence-electron chi connectivity index (χ0n) is 25.9. The second-order valence-electron chi connectivity index (χ2n) is 11.2. The number of carbonyl (C=O) groups is 2. The van der Waals surface area contributed by atoms with E-state index >= 15 is 4.79 Å². The largest absolute Gasteiger partial charge is 0.496 e. The molecule has 0 saturated heterocycles. The lowest BCUT2D eigenvalue weighted by molar-refractivity contribution is -0.130. The van der Waals surface area contributed by atoms with E-state index in [4.69, 9.17) is 41.7 Å². The van der Waals surface area contributed by atoms with Gasteiger partial charge in [-0.25, -0.2) is 4.79 Å². The van der Waals surface area contributed by atoms with Crippen LogP contribution in [0.1, 0.15) is 40.7 Å². The number of ether oxygens (including phenoxy) is 5. The van der Waals surface area contributed by atoms with Gasteiger partial charge in [0.05, 0.1) is 26.9 Å². The minimum atomic E-state index is -2.04. The van der Waals surface area contributed by atoms with Crippen molar-refractivity contribution in [1.29, 1.82) is 0 Å². The van der Waals surface area contributed by atoms with Crippen LogP contribution in [0.15, 0.2) is 45.1 Å². The Morgan fingerprint density at radius 2 is 1.70 bits per heavy atom. The molecule has 1 N–H and O–H groups in total. The average molecular weight is 648 g/mol. The molecule has 1 aliphatic carbocycles. The zero-order valence-corrected chi connectivity index (χ0v) is 26.7. The Morgan fingerprint density at radius 1 is 1.00 bits per heavy atom. The molecule has 3 heterocycles. The third-order valence-electron chi connectivity index (χ3n) is 8.91. The van der Waals surface area contributed by atoms with Crippen LogP contribution in [0.25, 0.3) is 0 Å². The van der Waals surface area contributed by atoms with Crippen LogP contribution < -0.4 is 40.3 Å². The number of rotatable bonds is 6. The Kier molecular flexibility index (Phi) is 7.40. The van der Waals surface area contributed by atoms with Crippen molar-refractivity contribution in [2.75, 3.05) is 33.3 Å². The maximum Gasteiger partial charge on any atom is 0.332 e. The van der Waals surface area contributed by atoms with Gasteiger partial charge in [0.1, 0.15) is 34.5 Å². The van der Waals surface area contributed by atoms with Gasteiger partial charge < -0.3 is 29.0 Å². The normalized spacial score (nSPS) is 21.1. The summed E-state index contributed by atoms with van der Waals surface area (Å²) in [5.41, 5.74) is -2.06. The highest BCUT2D eigenvalue weighted by Crippen LogP contribution is 2.56. The lowest BCUT2D eigenvalue weighted by Crippen LogP contribution is -2.58. The van der Waals surface area contributed by atoms with Gasteiger partial charge in [0, 0.05) is 43.3 Å². The molecule has 238 valence electrons. The first kappa shape index (κ1) is 30.9. The summed E-state index contributed by atoms with van der Waals surface area (Å²) in [7, 11) is 7.15. The first-order valence-corrected chi connectivity index (χ1v) is 14.6. The van der Waals surface area contributed by atoms with E-state index in [0.717, 1.165) is 4.57 Å². The highest BCUT2D eigenvalue weighted by atomic mass is 35.5. The standard InChI is InChI=1S/C33H30ClN3O9/c1-8-11-45-19-13-16(9-10-18(19)42-5)22-23-17(35-30-25(22)31(40)37(4)32(41)36(30)3)12-15(2)33(28(23)38)29(39)24-20(43-6)14-21(44-7)26(34)27(24)46-33/h1,9-10,13-15,22,35H,11-12H2,2-7H3/t15-,22?,33+/m1/s1. The number of carbonyl (C=O) groups excluding carboxylic acids is 2. The number of terminal acetylenes is 1. The van der Waals surface area contributed by atoms with E-state index in [2.05, 4.69) is 11.2 Å². The van der Waals surface area contributed by atoms with Crippen molar-refractivity contribution in [2.24, 2.45) is 20.0 Å². The quantitative estimate of drug-likeness (QED) is 0.314. The number of hydrogen-bond donors (Lipinski definition) is 1. The van der Waals surface area contributed by atoms with Crippen molar-refractivity contribution in [1.82, 2.24) is 9.13 Å². The number of hydrogen-bond acceptors (Lipinski definition) is 10. The lowest BCUT2D eigenvalue weighted by Gasteiger charge is -2.42. The van der Waals surface area contributed by atoms with E-state index in [1.165, 1.54) is 46.1 Å². The second-order valence-corrected chi connectivity index (χ2v) is 11.6. The van der Waals surface area contributed by atoms with Crippen LogP contribution in [-0.4, -0.2) is 54.2 Å². The van der Waals surface area contributed by atoms with Gasteiger partial charge in [-0.05, 0) is 24.1 Å². The minimum Gasteiger partial charge on any atom is -0.496 e.